The molecule has 1 radical (unpaired) electrons. The van der Waals surface area contributed by atoms with Crippen LogP contribution in [-0.4, -0.2) is 27.8 Å². The predicted molar refractivity (Wildman–Crippen MR) is 137 cm³/mol. The van der Waals surface area contributed by atoms with Crippen LogP contribution in [0.25, 0.3) is 0 Å². The Labute approximate surface area is 199 Å². The van der Waals surface area contributed by atoms with Crippen LogP contribution in [0.2, 0.25) is 5.04 Å². The van der Waals surface area contributed by atoms with Crippen molar-refractivity contribution in [3.63, 3.8) is 0 Å². The van der Waals surface area contributed by atoms with Gasteiger partial charge in [0.1, 0.15) is 5.75 Å². The second kappa shape index (κ2) is 10.7. The van der Waals surface area contributed by atoms with Crippen LogP contribution in [0.5, 0.6) is 5.75 Å². The number of benzene rings is 3. The number of hydrogen-bond acceptors (Lipinski definition) is 3. The van der Waals surface area contributed by atoms with E-state index >= 15 is 0 Å². The highest BCUT2D eigenvalue weighted by Gasteiger charge is 2.52. The van der Waals surface area contributed by atoms with Crippen LogP contribution in [0.1, 0.15) is 45.6 Å². The van der Waals surface area contributed by atoms with Gasteiger partial charge in [-0.2, -0.15) is 0 Å². The van der Waals surface area contributed by atoms with Crippen molar-refractivity contribution in [3.05, 3.63) is 90.5 Å². The van der Waals surface area contributed by atoms with E-state index in [4.69, 9.17) is 13.9 Å². The zero-order valence-corrected chi connectivity index (χ0v) is 21.1. The van der Waals surface area contributed by atoms with Gasteiger partial charge in [0.05, 0.1) is 6.61 Å². The van der Waals surface area contributed by atoms with Crippen molar-refractivity contribution in [2.45, 2.75) is 57.8 Å². The summed E-state index contributed by atoms with van der Waals surface area (Å²) in [6.07, 6.45) is 3.97. The first kappa shape index (κ1) is 23.7. The average molecular weight is 460 g/mol. The topological polar surface area (TPSA) is 27.7 Å². The summed E-state index contributed by atoms with van der Waals surface area (Å²) >= 11 is 0. The van der Waals surface area contributed by atoms with Gasteiger partial charge in [-0.1, -0.05) is 87.5 Å². The van der Waals surface area contributed by atoms with Crippen LogP contribution in [0.4, 0.5) is 0 Å². The number of hydrogen-bond donors (Lipinski definition) is 0. The maximum Gasteiger partial charge on any atom is 0.319 e. The highest BCUT2D eigenvalue weighted by molar-refractivity contribution is 7.00. The van der Waals surface area contributed by atoms with Gasteiger partial charge in [-0.05, 0) is 64.9 Å². The second-order valence-electron chi connectivity index (χ2n) is 9.72. The van der Waals surface area contributed by atoms with E-state index in [0.29, 0.717) is 6.61 Å². The van der Waals surface area contributed by atoms with Crippen LogP contribution in [-0.2, 0) is 15.9 Å². The Bertz CT molecular complexity index is 953. The van der Waals surface area contributed by atoms with E-state index in [-0.39, 0.29) is 11.3 Å². The third-order valence-corrected chi connectivity index (χ3v) is 11.3. The van der Waals surface area contributed by atoms with E-state index in [1.165, 1.54) is 16.8 Å². The highest BCUT2D eigenvalue weighted by atomic mass is 28.4. The van der Waals surface area contributed by atoms with E-state index in [1.54, 1.807) is 0 Å². The Morgan fingerprint density at radius 3 is 2.18 bits per heavy atom. The van der Waals surface area contributed by atoms with Crippen molar-refractivity contribution < 1.29 is 13.9 Å². The Morgan fingerprint density at radius 1 is 0.939 bits per heavy atom. The molecule has 0 saturated carbocycles. The summed E-state index contributed by atoms with van der Waals surface area (Å²) in [5.74, 6) is 0.927. The molecule has 0 amide bonds. The van der Waals surface area contributed by atoms with Crippen molar-refractivity contribution >= 4 is 18.7 Å². The van der Waals surface area contributed by atoms with Gasteiger partial charge in [-0.25, -0.2) is 0 Å². The van der Waals surface area contributed by atoms with Gasteiger partial charge in [-0.3, -0.25) is 0 Å². The quantitative estimate of drug-likeness (QED) is 0.416. The molecule has 3 aromatic rings. The molecule has 4 heteroatoms. The first-order valence-electron chi connectivity index (χ1n) is 12.0. The number of ether oxygens (including phenoxy) is 2. The number of rotatable bonds is 8. The van der Waals surface area contributed by atoms with Gasteiger partial charge in [0.25, 0.3) is 0 Å². The van der Waals surface area contributed by atoms with Crippen LogP contribution in [0.3, 0.4) is 0 Å². The standard InChI is InChI=1S/C29H35O3Si/c1-29(2,3)33(25-15-6-4-7-16-25,26-17-8-5-9-18-26)32-27-19-11-10-14-24(27)21-23-31-28-20-12-13-22-30-28/h4-9,11,14-19,28H,12-13,20-23H2,1-3H3. The molecule has 173 valence electrons. The van der Waals surface area contributed by atoms with Crippen LogP contribution < -0.4 is 14.8 Å². The fraction of sp³-hybridized carbons (Fsp3) is 0.379. The molecule has 1 atom stereocenters. The molecule has 4 rings (SSSR count). The average Bonchev–Trinajstić information content (AvgIpc) is 2.84. The molecular formula is C29H35O3Si. The Balaban J connectivity index is 1.67. The molecule has 0 bridgehead atoms. The molecule has 0 aromatic heterocycles. The smallest absolute Gasteiger partial charge is 0.319 e. The van der Waals surface area contributed by atoms with E-state index in [1.807, 2.05) is 12.1 Å². The molecule has 1 aliphatic heterocycles. The summed E-state index contributed by atoms with van der Waals surface area (Å²) in [6.45, 7) is 8.32. The minimum absolute atomic E-state index is 0.0764. The molecule has 33 heavy (non-hydrogen) atoms. The summed E-state index contributed by atoms with van der Waals surface area (Å²) in [7, 11) is -2.67. The third kappa shape index (κ3) is 5.40. The zero-order valence-electron chi connectivity index (χ0n) is 20.1. The maximum atomic E-state index is 7.24. The largest absolute Gasteiger partial charge is 0.534 e. The molecular weight excluding hydrogens is 424 g/mol. The van der Waals surface area contributed by atoms with Crippen LogP contribution in [0, 0.1) is 6.07 Å². The first-order valence-corrected chi connectivity index (χ1v) is 13.9. The second-order valence-corrected chi connectivity index (χ2v) is 13.9. The predicted octanol–water partition coefficient (Wildman–Crippen LogP) is 5.51. The molecule has 0 aliphatic carbocycles. The van der Waals surface area contributed by atoms with Crippen molar-refractivity contribution in [1.82, 2.24) is 0 Å². The molecule has 3 nitrogen and oxygen atoms in total. The fourth-order valence-corrected chi connectivity index (χ4v) is 9.16. The van der Waals surface area contributed by atoms with Gasteiger partial charge < -0.3 is 13.9 Å². The van der Waals surface area contributed by atoms with Gasteiger partial charge >= 0.3 is 8.32 Å². The van der Waals surface area contributed by atoms with Gasteiger partial charge in [0, 0.05) is 6.61 Å². The SMILES string of the molecule is CC(C)(C)[Si](Oc1cc[c]cc1CCOC1CCCCO1)(c1ccccc1)c1ccccc1. The molecule has 1 unspecified atom stereocenters. The minimum atomic E-state index is -2.67. The normalized spacial score (nSPS) is 17.0. The fourth-order valence-electron chi connectivity index (χ4n) is 4.70. The van der Waals surface area contributed by atoms with Crippen LogP contribution in [0.15, 0.2) is 78.9 Å². The van der Waals surface area contributed by atoms with E-state index < -0.39 is 8.32 Å². The Kier molecular flexibility index (Phi) is 7.69. The Hall–Kier alpha value is -2.40. The molecule has 0 N–H and O–H groups in total. The maximum absolute atomic E-state index is 7.24. The third-order valence-electron chi connectivity index (χ3n) is 6.40. The van der Waals surface area contributed by atoms with Crippen molar-refractivity contribution in [2.75, 3.05) is 13.2 Å². The summed E-state index contributed by atoms with van der Waals surface area (Å²) in [4.78, 5) is 0. The van der Waals surface area contributed by atoms with E-state index in [2.05, 4.69) is 93.6 Å². The summed E-state index contributed by atoms with van der Waals surface area (Å²) in [6, 6.07) is 30.8. The van der Waals surface area contributed by atoms with E-state index in [9.17, 15) is 0 Å². The molecule has 1 heterocycles. The van der Waals surface area contributed by atoms with Crippen molar-refractivity contribution in [2.24, 2.45) is 0 Å². The monoisotopic (exact) mass is 459 g/mol. The van der Waals surface area contributed by atoms with Crippen molar-refractivity contribution in [3.8, 4) is 5.75 Å². The van der Waals surface area contributed by atoms with Crippen LogP contribution >= 0.6 is 0 Å². The molecule has 1 saturated heterocycles. The van der Waals surface area contributed by atoms with Gasteiger partial charge in [0.15, 0.2) is 6.29 Å². The lowest BCUT2D eigenvalue weighted by Crippen LogP contribution is -2.68. The van der Waals surface area contributed by atoms with E-state index in [0.717, 1.165) is 37.2 Å². The summed E-state index contributed by atoms with van der Waals surface area (Å²) < 4.78 is 19.0. The van der Waals surface area contributed by atoms with Gasteiger partial charge in [-0.15, -0.1) is 0 Å². The first-order chi connectivity index (χ1) is 16.0. The summed E-state index contributed by atoms with van der Waals surface area (Å²) in [5, 5.41) is 2.46. The Morgan fingerprint density at radius 2 is 1.61 bits per heavy atom. The molecule has 3 aromatic carbocycles. The lowest BCUT2D eigenvalue weighted by atomic mass is 10.1. The molecule has 1 fully saturated rings. The van der Waals surface area contributed by atoms with Crippen molar-refractivity contribution in [1.29, 1.82) is 0 Å². The highest BCUT2D eigenvalue weighted by Crippen LogP contribution is 2.38. The van der Waals surface area contributed by atoms with Gasteiger partial charge in [0.2, 0.25) is 0 Å². The lowest BCUT2D eigenvalue weighted by molar-refractivity contribution is -0.161. The molecule has 1 aliphatic rings. The zero-order chi connectivity index (χ0) is 23.2. The minimum Gasteiger partial charge on any atom is -0.534 e. The lowest BCUT2D eigenvalue weighted by Gasteiger charge is -2.43. The summed E-state index contributed by atoms with van der Waals surface area (Å²) in [5.41, 5.74) is 1.13. The molecule has 0 spiro atoms.